The standard InChI is InChI=1S/C9H11N3O/c1-5(2)8-10-3-6-4-11-9(13)7(6)12-8/h3,5H,4H2,1-2H3,(H,11,13). The van der Waals surface area contributed by atoms with Crippen molar-refractivity contribution in [2.24, 2.45) is 0 Å². The second-order valence-corrected chi connectivity index (χ2v) is 3.44. The molecule has 1 aliphatic heterocycles. The highest BCUT2D eigenvalue weighted by Gasteiger charge is 2.21. The van der Waals surface area contributed by atoms with Gasteiger partial charge in [0.05, 0.1) is 0 Å². The molecule has 0 saturated carbocycles. The molecule has 2 heterocycles. The number of aromatic nitrogens is 2. The summed E-state index contributed by atoms with van der Waals surface area (Å²) in [5.41, 5.74) is 1.44. The first-order valence-electron chi connectivity index (χ1n) is 4.32. The average Bonchev–Trinajstić information content (AvgIpc) is 2.47. The first-order chi connectivity index (χ1) is 6.18. The summed E-state index contributed by atoms with van der Waals surface area (Å²) in [7, 11) is 0. The lowest BCUT2D eigenvalue weighted by Gasteiger charge is -2.03. The van der Waals surface area contributed by atoms with E-state index in [9.17, 15) is 4.79 Å². The van der Waals surface area contributed by atoms with Crippen molar-refractivity contribution in [1.82, 2.24) is 15.3 Å². The van der Waals surface area contributed by atoms with Crippen molar-refractivity contribution >= 4 is 5.91 Å². The van der Waals surface area contributed by atoms with E-state index in [1.165, 1.54) is 0 Å². The van der Waals surface area contributed by atoms with Crippen LogP contribution in [0, 0.1) is 0 Å². The fourth-order valence-electron chi connectivity index (χ4n) is 1.28. The monoisotopic (exact) mass is 177 g/mol. The minimum absolute atomic E-state index is 0.0840. The van der Waals surface area contributed by atoms with Crippen LogP contribution in [0.1, 0.15) is 41.6 Å². The van der Waals surface area contributed by atoms with E-state index >= 15 is 0 Å². The van der Waals surface area contributed by atoms with E-state index in [1.807, 2.05) is 13.8 Å². The summed E-state index contributed by atoms with van der Waals surface area (Å²) in [6, 6.07) is 0. The van der Waals surface area contributed by atoms with Crippen molar-refractivity contribution < 1.29 is 4.79 Å². The molecule has 1 aliphatic rings. The van der Waals surface area contributed by atoms with Gasteiger partial charge in [-0.25, -0.2) is 9.97 Å². The van der Waals surface area contributed by atoms with Crippen LogP contribution in [-0.2, 0) is 6.54 Å². The van der Waals surface area contributed by atoms with Gasteiger partial charge >= 0.3 is 0 Å². The molecule has 13 heavy (non-hydrogen) atoms. The third kappa shape index (κ3) is 1.28. The van der Waals surface area contributed by atoms with Crippen LogP contribution in [0.25, 0.3) is 0 Å². The normalized spacial score (nSPS) is 14.5. The van der Waals surface area contributed by atoms with Crippen molar-refractivity contribution in [3.8, 4) is 0 Å². The third-order valence-electron chi connectivity index (χ3n) is 2.05. The zero-order valence-corrected chi connectivity index (χ0v) is 7.66. The third-order valence-corrected chi connectivity index (χ3v) is 2.05. The van der Waals surface area contributed by atoms with Crippen molar-refractivity contribution in [2.45, 2.75) is 26.3 Å². The van der Waals surface area contributed by atoms with Crippen molar-refractivity contribution in [2.75, 3.05) is 0 Å². The maximum absolute atomic E-state index is 11.2. The number of amides is 1. The maximum atomic E-state index is 11.2. The van der Waals surface area contributed by atoms with Crippen LogP contribution in [0.15, 0.2) is 6.20 Å². The number of fused-ring (bicyclic) bond motifs is 1. The zero-order chi connectivity index (χ0) is 9.42. The fraction of sp³-hybridized carbons (Fsp3) is 0.444. The van der Waals surface area contributed by atoms with Crippen LogP contribution >= 0.6 is 0 Å². The summed E-state index contributed by atoms with van der Waals surface area (Å²) in [5, 5.41) is 2.71. The molecular weight excluding hydrogens is 166 g/mol. The van der Waals surface area contributed by atoms with Crippen LogP contribution in [0.5, 0.6) is 0 Å². The predicted octanol–water partition coefficient (Wildman–Crippen LogP) is 0.843. The van der Waals surface area contributed by atoms with Gasteiger partial charge in [-0.1, -0.05) is 13.8 Å². The Morgan fingerprint density at radius 3 is 3.00 bits per heavy atom. The van der Waals surface area contributed by atoms with Gasteiger partial charge < -0.3 is 5.32 Å². The van der Waals surface area contributed by atoms with Crippen molar-refractivity contribution in [3.05, 3.63) is 23.3 Å². The molecule has 4 nitrogen and oxygen atoms in total. The van der Waals surface area contributed by atoms with Crippen LogP contribution in [0.3, 0.4) is 0 Å². The number of nitrogens with zero attached hydrogens (tertiary/aromatic N) is 2. The van der Waals surface area contributed by atoms with Crippen LogP contribution in [-0.4, -0.2) is 15.9 Å². The molecule has 0 fully saturated rings. The molecule has 1 aromatic rings. The van der Waals surface area contributed by atoms with E-state index in [-0.39, 0.29) is 11.8 Å². The Kier molecular flexibility index (Phi) is 1.76. The van der Waals surface area contributed by atoms with E-state index in [2.05, 4.69) is 15.3 Å². The van der Waals surface area contributed by atoms with E-state index in [0.29, 0.717) is 12.2 Å². The second-order valence-electron chi connectivity index (χ2n) is 3.44. The van der Waals surface area contributed by atoms with Crippen LogP contribution < -0.4 is 5.32 Å². The lowest BCUT2D eigenvalue weighted by atomic mass is 10.2. The molecule has 0 saturated heterocycles. The van der Waals surface area contributed by atoms with E-state index in [4.69, 9.17) is 0 Å². The number of carbonyl (C=O) groups is 1. The highest BCUT2D eigenvalue weighted by molar-refractivity contribution is 5.96. The van der Waals surface area contributed by atoms with Gasteiger partial charge in [0.25, 0.3) is 5.91 Å². The molecular formula is C9H11N3O. The van der Waals surface area contributed by atoms with E-state index in [0.717, 1.165) is 11.4 Å². The zero-order valence-electron chi connectivity index (χ0n) is 7.66. The molecule has 1 N–H and O–H groups in total. The van der Waals surface area contributed by atoms with Gasteiger partial charge in [-0.05, 0) is 0 Å². The summed E-state index contributed by atoms with van der Waals surface area (Å²) >= 11 is 0. The molecule has 0 atom stereocenters. The first-order valence-corrected chi connectivity index (χ1v) is 4.32. The molecule has 4 heteroatoms. The highest BCUT2D eigenvalue weighted by atomic mass is 16.2. The topological polar surface area (TPSA) is 54.9 Å². The van der Waals surface area contributed by atoms with Gasteiger partial charge in [0.1, 0.15) is 11.5 Å². The molecule has 68 valence electrons. The minimum Gasteiger partial charge on any atom is -0.346 e. The van der Waals surface area contributed by atoms with E-state index in [1.54, 1.807) is 6.20 Å². The lowest BCUT2D eigenvalue weighted by molar-refractivity contribution is 0.0961. The Morgan fingerprint density at radius 2 is 2.31 bits per heavy atom. The summed E-state index contributed by atoms with van der Waals surface area (Å²) in [6.45, 7) is 4.58. The minimum atomic E-state index is -0.0840. The molecule has 0 aliphatic carbocycles. The highest BCUT2D eigenvalue weighted by Crippen LogP contribution is 2.15. The molecule has 0 unspecified atom stereocenters. The second kappa shape index (κ2) is 2.80. The predicted molar refractivity (Wildman–Crippen MR) is 47.3 cm³/mol. The van der Waals surface area contributed by atoms with Crippen molar-refractivity contribution in [1.29, 1.82) is 0 Å². The van der Waals surface area contributed by atoms with E-state index < -0.39 is 0 Å². The van der Waals surface area contributed by atoms with Gasteiger partial charge in [0.15, 0.2) is 0 Å². The Labute approximate surface area is 76.4 Å². The molecule has 0 aromatic carbocycles. The summed E-state index contributed by atoms with van der Waals surface area (Å²) < 4.78 is 0. The number of rotatable bonds is 1. The number of hydrogen-bond acceptors (Lipinski definition) is 3. The van der Waals surface area contributed by atoms with Crippen LogP contribution in [0.2, 0.25) is 0 Å². The fourth-order valence-corrected chi connectivity index (χ4v) is 1.28. The Balaban J connectivity index is 2.48. The molecule has 2 rings (SSSR count). The smallest absolute Gasteiger partial charge is 0.270 e. The lowest BCUT2D eigenvalue weighted by Crippen LogP contribution is -2.14. The molecule has 0 radical (unpaired) electrons. The first kappa shape index (κ1) is 8.16. The molecule has 1 amide bonds. The van der Waals surface area contributed by atoms with Gasteiger partial charge in [0, 0.05) is 24.2 Å². The van der Waals surface area contributed by atoms with Crippen LogP contribution in [0.4, 0.5) is 0 Å². The Morgan fingerprint density at radius 1 is 1.54 bits per heavy atom. The SMILES string of the molecule is CC(C)c1ncc2c(n1)C(=O)NC2. The number of hydrogen-bond donors (Lipinski definition) is 1. The molecule has 0 bridgehead atoms. The average molecular weight is 177 g/mol. The van der Waals surface area contributed by atoms with Crippen molar-refractivity contribution in [3.63, 3.8) is 0 Å². The molecule has 1 aromatic heterocycles. The number of carbonyl (C=O) groups excluding carboxylic acids is 1. The molecule has 0 spiro atoms. The van der Waals surface area contributed by atoms with Gasteiger partial charge in [-0.2, -0.15) is 0 Å². The summed E-state index contributed by atoms with van der Waals surface area (Å²) in [6.07, 6.45) is 1.73. The Bertz CT molecular complexity index is 360. The quantitative estimate of drug-likeness (QED) is 0.691. The van der Waals surface area contributed by atoms with Gasteiger partial charge in [0.2, 0.25) is 0 Å². The Hall–Kier alpha value is -1.45. The largest absolute Gasteiger partial charge is 0.346 e. The van der Waals surface area contributed by atoms with Gasteiger partial charge in [-0.15, -0.1) is 0 Å². The van der Waals surface area contributed by atoms with Gasteiger partial charge in [-0.3, -0.25) is 4.79 Å². The summed E-state index contributed by atoms with van der Waals surface area (Å²) in [5.74, 6) is 0.911. The number of nitrogens with one attached hydrogen (secondary N) is 1. The summed E-state index contributed by atoms with van der Waals surface area (Å²) in [4.78, 5) is 19.6. The maximum Gasteiger partial charge on any atom is 0.270 e.